The minimum absolute atomic E-state index is 0.288. The maximum atomic E-state index is 5.97. The molecule has 24 heavy (non-hydrogen) atoms. The van der Waals surface area contributed by atoms with Crippen molar-refractivity contribution in [1.29, 1.82) is 0 Å². The van der Waals surface area contributed by atoms with E-state index in [0.717, 1.165) is 32.0 Å². The standard InChI is InChI=1S/C17H24N6S/c1-17(2,24-13-7-5-4-6-8-13)14-19-15(18)21-16(20-14)23-11-9-22(3)10-12-23/h4-8H,9-12H2,1-3H3,(H2,18,19,20,21). The van der Waals surface area contributed by atoms with Gasteiger partial charge in [-0.25, -0.2) is 0 Å². The molecule has 0 saturated carbocycles. The molecule has 0 amide bonds. The molecule has 2 N–H and O–H groups in total. The molecule has 1 saturated heterocycles. The summed E-state index contributed by atoms with van der Waals surface area (Å²) in [6.07, 6.45) is 0. The number of benzene rings is 1. The van der Waals surface area contributed by atoms with Crippen LogP contribution in [0.15, 0.2) is 35.2 Å². The van der Waals surface area contributed by atoms with Crippen LogP contribution in [0.4, 0.5) is 11.9 Å². The van der Waals surface area contributed by atoms with Gasteiger partial charge in [-0.15, -0.1) is 11.8 Å². The van der Waals surface area contributed by atoms with E-state index in [-0.39, 0.29) is 10.7 Å². The van der Waals surface area contributed by atoms with Gasteiger partial charge < -0.3 is 15.5 Å². The molecule has 0 spiro atoms. The number of piperazine rings is 1. The summed E-state index contributed by atoms with van der Waals surface area (Å²) >= 11 is 1.73. The summed E-state index contributed by atoms with van der Waals surface area (Å²) < 4.78 is -0.292. The Balaban J connectivity index is 1.84. The molecule has 7 heteroatoms. The van der Waals surface area contributed by atoms with Gasteiger partial charge in [-0.1, -0.05) is 18.2 Å². The predicted molar refractivity (Wildman–Crippen MR) is 99.3 cm³/mol. The third kappa shape index (κ3) is 3.96. The molecule has 0 aliphatic carbocycles. The van der Waals surface area contributed by atoms with Crippen molar-refractivity contribution in [2.24, 2.45) is 0 Å². The van der Waals surface area contributed by atoms with Crippen molar-refractivity contribution < 1.29 is 0 Å². The average molecular weight is 344 g/mol. The van der Waals surface area contributed by atoms with Crippen LogP contribution < -0.4 is 10.6 Å². The van der Waals surface area contributed by atoms with E-state index in [1.807, 2.05) is 18.2 Å². The largest absolute Gasteiger partial charge is 0.368 e. The molecule has 1 aromatic carbocycles. The molecule has 1 aliphatic heterocycles. The smallest absolute Gasteiger partial charge is 0.230 e. The molecular weight excluding hydrogens is 320 g/mol. The first-order valence-electron chi connectivity index (χ1n) is 8.13. The van der Waals surface area contributed by atoms with Gasteiger partial charge in [0.1, 0.15) is 0 Å². The Morgan fingerprint density at radius 2 is 1.67 bits per heavy atom. The molecular formula is C17H24N6S. The lowest BCUT2D eigenvalue weighted by molar-refractivity contribution is 0.311. The normalized spacial score (nSPS) is 16.4. The topological polar surface area (TPSA) is 71.2 Å². The summed E-state index contributed by atoms with van der Waals surface area (Å²) in [4.78, 5) is 19.2. The Kier molecular flexibility index (Phi) is 4.91. The van der Waals surface area contributed by atoms with Gasteiger partial charge >= 0.3 is 0 Å². The highest BCUT2D eigenvalue weighted by Gasteiger charge is 2.28. The highest BCUT2D eigenvalue weighted by Crippen LogP contribution is 2.39. The molecule has 1 fully saturated rings. The first-order valence-corrected chi connectivity index (χ1v) is 8.95. The van der Waals surface area contributed by atoms with Gasteiger partial charge in [0.2, 0.25) is 11.9 Å². The Hall–Kier alpha value is -1.86. The first kappa shape index (κ1) is 17.0. The maximum Gasteiger partial charge on any atom is 0.230 e. The van der Waals surface area contributed by atoms with E-state index < -0.39 is 0 Å². The van der Waals surface area contributed by atoms with E-state index >= 15 is 0 Å². The van der Waals surface area contributed by atoms with E-state index in [0.29, 0.717) is 5.95 Å². The zero-order valence-electron chi connectivity index (χ0n) is 14.4. The molecule has 3 rings (SSSR count). The van der Waals surface area contributed by atoms with E-state index in [4.69, 9.17) is 10.7 Å². The maximum absolute atomic E-state index is 5.97. The molecule has 2 heterocycles. The SMILES string of the molecule is CN1CCN(c2nc(N)nc(C(C)(C)Sc3ccccc3)n2)CC1. The van der Waals surface area contributed by atoms with Crippen LogP contribution in [0.3, 0.4) is 0 Å². The molecule has 1 aromatic heterocycles. The summed E-state index contributed by atoms with van der Waals surface area (Å²) in [6.45, 7) is 8.06. The number of likely N-dealkylation sites (N-methyl/N-ethyl adjacent to an activating group) is 1. The summed E-state index contributed by atoms with van der Waals surface area (Å²) in [5, 5.41) is 0. The zero-order chi connectivity index (χ0) is 17.2. The average Bonchev–Trinajstić information content (AvgIpc) is 2.55. The Morgan fingerprint density at radius 3 is 2.33 bits per heavy atom. The van der Waals surface area contributed by atoms with Gasteiger partial charge in [-0.05, 0) is 33.0 Å². The van der Waals surface area contributed by atoms with Gasteiger partial charge in [-0.2, -0.15) is 15.0 Å². The molecule has 0 unspecified atom stereocenters. The number of rotatable bonds is 4. The second-order valence-corrected chi connectivity index (χ2v) is 8.23. The van der Waals surface area contributed by atoms with Crippen molar-refractivity contribution >= 4 is 23.7 Å². The van der Waals surface area contributed by atoms with Crippen LogP contribution >= 0.6 is 11.8 Å². The fourth-order valence-corrected chi connectivity index (χ4v) is 3.69. The highest BCUT2D eigenvalue weighted by atomic mass is 32.2. The number of nitrogen functional groups attached to an aromatic ring is 1. The number of anilines is 2. The van der Waals surface area contributed by atoms with Gasteiger partial charge in [0.05, 0.1) is 4.75 Å². The lowest BCUT2D eigenvalue weighted by atomic mass is 10.2. The lowest BCUT2D eigenvalue weighted by Crippen LogP contribution is -2.45. The first-order chi connectivity index (χ1) is 11.4. The molecule has 1 aliphatic rings. The fourth-order valence-electron chi connectivity index (χ4n) is 2.63. The van der Waals surface area contributed by atoms with Crippen LogP contribution in [-0.2, 0) is 4.75 Å². The van der Waals surface area contributed by atoms with Crippen LogP contribution in [0.2, 0.25) is 0 Å². The Bertz CT molecular complexity index is 683. The second kappa shape index (κ2) is 6.94. The van der Waals surface area contributed by atoms with Crippen molar-refractivity contribution in [2.75, 3.05) is 43.9 Å². The number of aromatic nitrogens is 3. The minimum Gasteiger partial charge on any atom is -0.368 e. The third-order valence-corrected chi connectivity index (χ3v) is 5.28. The van der Waals surface area contributed by atoms with Crippen molar-refractivity contribution in [1.82, 2.24) is 19.9 Å². The number of hydrogen-bond acceptors (Lipinski definition) is 7. The van der Waals surface area contributed by atoms with Crippen LogP contribution in [0.25, 0.3) is 0 Å². The third-order valence-electron chi connectivity index (χ3n) is 4.08. The summed E-state index contributed by atoms with van der Waals surface area (Å²) in [6, 6.07) is 10.3. The summed E-state index contributed by atoms with van der Waals surface area (Å²) in [7, 11) is 2.13. The molecule has 6 nitrogen and oxygen atoms in total. The lowest BCUT2D eigenvalue weighted by Gasteiger charge is -2.33. The van der Waals surface area contributed by atoms with Gasteiger partial charge in [-0.3, -0.25) is 0 Å². The minimum atomic E-state index is -0.292. The van der Waals surface area contributed by atoms with Crippen LogP contribution in [0.1, 0.15) is 19.7 Å². The van der Waals surface area contributed by atoms with Crippen molar-refractivity contribution in [2.45, 2.75) is 23.5 Å². The Morgan fingerprint density at radius 1 is 1.00 bits per heavy atom. The van der Waals surface area contributed by atoms with Crippen LogP contribution in [-0.4, -0.2) is 53.1 Å². The van der Waals surface area contributed by atoms with Crippen LogP contribution in [0, 0.1) is 0 Å². The van der Waals surface area contributed by atoms with Crippen LogP contribution in [0.5, 0.6) is 0 Å². The highest BCUT2D eigenvalue weighted by molar-refractivity contribution is 8.00. The molecule has 0 atom stereocenters. The van der Waals surface area contributed by atoms with E-state index in [2.05, 4.69) is 52.8 Å². The molecule has 2 aromatic rings. The second-order valence-electron chi connectivity index (χ2n) is 6.53. The zero-order valence-corrected chi connectivity index (χ0v) is 15.3. The Labute approximate surface area is 147 Å². The molecule has 0 radical (unpaired) electrons. The predicted octanol–water partition coefficient (Wildman–Crippen LogP) is 2.23. The summed E-state index contributed by atoms with van der Waals surface area (Å²) in [5.74, 6) is 1.70. The van der Waals surface area contributed by atoms with Gasteiger partial charge in [0.15, 0.2) is 5.82 Å². The number of nitrogens with zero attached hydrogens (tertiary/aromatic N) is 5. The molecule has 128 valence electrons. The van der Waals surface area contributed by atoms with Gasteiger partial charge in [0, 0.05) is 31.1 Å². The number of nitrogens with two attached hydrogens (primary N) is 1. The number of thioether (sulfide) groups is 1. The van der Waals surface area contributed by atoms with Crippen molar-refractivity contribution in [3.63, 3.8) is 0 Å². The molecule has 0 bridgehead atoms. The van der Waals surface area contributed by atoms with E-state index in [1.165, 1.54) is 4.90 Å². The fraction of sp³-hybridized carbons (Fsp3) is 0.471. The monoisotopic (exact) mass is 344 g/mol. The van der Waals surface area contributed by atoms with Crippen molar-refractivity contribution in [3.05, 3.63) is 36.2 Å². The quantitative estimate of drug-likeness (QED) is 0.853. The summed E-state index contributed by atoms with van der Waals surface area (Å²) in [5.41, 5.74) is 5.97. The van der Waals surface area contributed by atoms with E-state index in [1.54, 1.807) is 11.8 Å². The van der Waals surface area contributed by atoms with E-state index in [9.17, 15) is 0 Å². The van der Waals surface area contributed by atoms with Gasteiger partial charge in [0.25, 0.3) is 0 Å². The van der Waals surface area contributed by atoms with Crippen molar-refractivity contribution in [3.8, 4) is 0 Å². The number of hydrogen-bond donors (Lipinski definition) is 1.